The summed E-state index contributed by atoms with van der Waals surface area (Å²) >= 11 is 1.74. The first kappa shape index (κ1) is 25.6. The zero-order valence-corrected chi connectivity index (χ0v) is 20.9. The van der Waals surface area contributed by atoms with Gasteiger partial charge < -0.3 is 20.1 Å². The highest BCUT2D eigenvalue weighted by Gasteiger charge is 2.17. The Balaban J connectivity index is 0.00000392. The van der Waals surface area contributed by atoms with Crippen molar-refractivity contribution in [3.63, 3.8) is 0 Å². The summed E-state index contributed by atoms with van der Waals surface area (Å²) in [4.78, 5) is 9.01. The number of thiazole rings is 1. The molecule has 0 unspecified atom stereocenters. The second-order valence-electron chi connectivity index (χ2n) is 8.04. The van der Waals surface area contributed by atoms with Crippen LogP contribution in [0.4, 0.5) is 0 Å². The maximum absolute atomic E-state index is 5.79. The Kier molecular flexibility index (Phi) is 12.5. The van der Waals surface area contributed by atoms with Gasteiger partial charge >= 0.3 is 0 Å². The quantitative estimate of drug-likeness (QED) is 0.224. The van der Waals surface area contributed by atoms with E-state index in [-0.39, 0.29) is 29.4 Å². The van der Waals surface area contributed by atoms with Crippen LogP contribution in [0.5, 0.6) is 0 Å². The fourth-order valence-corrected chi connectivity index (χ4v) is 3.85. The Hall–Kier alpha value is -0.450. The third-order valence-electron chi connectivity index (χ3n) is 4.63. The minimum atomic E-state index is 0. The van der Waals surface area contributed by atoms with Crippen molar-refractivity contribution < 1.29 is 9.47 Å². The lowest BCUT2D eigenvalue weighted by atomic mass is 9.93. The van der Waals surface area contributed by atoms with Gasteiger partial charge in [-0.1, -0.05) is 20.8 Å². The van der Waals surface area contributed by atoms with Crippen LogP contribution in [0.1, 0.15) is 50.7 Å². The minimum absolute atomic E-state index is 0. The van der Waals surface area contributed by atoms with Crippen molar-refractivity contribution in [2.75, 3.05) is 46.6 Å². The molecule has 0 aromatic carbocycles. The summed E-state index contributed by atoms with van der Waals surface area (Å²) in [7, 11) is 1.80. The van der Waals surface area contributed by atoms with E-state index in [0.717, 1.165) is 71.2 Å². The van der Waals surface area contributed by atoms with Gasteiger partial charge in [-0.25, -0.2) is 4.98 Å². The van der Waals surface area contributed by atoms with E-state index in [4.69, 9.17) is 14.5 Å². The van der Waals surface area contributed by atoms with Crippen molar-refractivity contribution in [3.05, 3.63) is 16.1 Å². The molecule has 6 nitrogen and oxygen atoms in total. The molecule has 2 rings (SSSR count). The molecule has 1 aliphatic heterocycles. The van der Waals surface area contributed by atoms with E-state index in [9.17, 15) is 0 Å². The highest BCUT2D eigenvalue weighted by Crippen LogP contribution is 2.23. The summed E-state index contributed by atoms with van der Waals surface area (Å²) in [6.07, 6.45) is 4.15. The number of hydrogen-bond acceptors (Lipinski definition) is 5. The van der Waals surface area contributed by atoms with Crippen molar-refractivity contribution in [1.29, 1.82) is 0 Å². The Bertz CT molecular complexity index is 569. The first-order valence-corrected chi connectivity index (χ1v) is 10.9. The van der Waals surface area contributed by atoms with Crippen LogP contribution in [0.3, 0.4) is 0 Å². The van der Waals surface area contributed by atoms with Crippen LogP contribution in [0.2, 0.25) is 0 Å². The molecule has 0 atom stereocenters. The largest absolute Gasteiger partial charge is 0.381 e. The Morgan fingerprint density at radius 2 is 2.00 bits per heavy atom. The van der Waals surface area contributed by atoms with E-state index in [2.05, 4.69) is 41.8 Å². The number of halogens is 1. The molecule has 28 heavy (non-hydrogen) atoms. The van der Waals surface area contributed by atoms with E-state index < -0.39 is 0 Å². The van der Waals surface area contributed by atoms with E-state index >= 15 is 0 Å². The monoisotopic (exact) mass is 524 g/mol. The second kappa shape index (κ2) is 13.7. The van der Waals surface area contributed by atoms with E-state index in [1.54, 1.807) is 18.4 Å². The van der Waals surface area contributed by atoms with Crippen LogP contribution in [-0.2, 0) is 21.3 Å². The molecule has 0 bridgehead atoms. The first-order valence-electron chi connectivity index (χ1n) is 10.0. The molecule has 8 heteroatoms. The summed E-state index contributed by atoms with van der Waals surface area (Å²) in [5, 5.41) is 10.0. The Labute approximate surface area is 191 Å². The van der Waals surface area contributed by atoms with E-state index in [0.29, 0.717) is 5.92 Å². The smallest absolute Gasteiger partial charge is 0.190 e. The van der Waals surface area contributed by atoms with Gasteiger partial charge in [-0.15, -0.1) is 35.3 Å². The first-order chi connectivity index (χ1) is 13.0. The zero-order chi connectivity index (χ0) is 19.5. The normalized spacial score (nSPS) is 15.9. The van der Waals surface area contributed by atoms with Gasteiger partial charge in [-0.2, -0.15) is 0 Å². The molecule has 1 saturated heterocycles. The van der Waals surface area contributed by atoms with Gasteiger partial charge in [0.15, 0.2) is 5.96 Å². The van der Waals surface area contributed by atoms with Gasteiger partial charge in [0.05, 0.1) is 10.7 Å². The van der Waals surface area contributed by atoms with Gasteiger partial charge in [0.2, 0.25) is 0 Å². The molecule has 0 saturated carbocycles. The van der Waals surface area contributed by atoms with Crippen LogP contribution in [-0.4, -0.2) is 57.5 Å². The summed E-state index contributed by atoms with van der Waals surface area (Å²) < 4.78 is 11.2. The predicted octanol–water partition coefficient (Wildman–Crippen LogP) is 3.60. The topological polar surface area (TPSA) is 67.8 Å². The fourth-order valence-electron chi connectivity index (χ4n) is 2.82. The lowest BCUT2D eigenvalue weighted by Crippen LogP contribution is -2.39. The van der Waals surface area contributed by atoms with Crippen molar-refractivity contribution >= 4 is 41.3 Å². The molecule has 162 valence electrons. The van der Waals surface area contributed by atoms with Gasteiger partial charge in [0.25, 0.3) is 0 Å². The fraction of sp³-hybridized carbons (Fsp3) is 0.800. The summed E-state index contributed by atoms with van der Waals surface area (Å²) in [5.74, 6) is 1.51. The Morgan fingerprint density at radius 3 is 2.64 bits per heavy atom. The molecule has 1 aliphatic rings. The average molecular weight is 525 g/mol. The number of rotatable bonds is 9. The Morgan fingerprint density at radius 1 is 1.29 bits per heavy atom. The number of nitrogens with zero attached hydrogens (tertiary/aromatic N) is 2. The predicted molar refractivity (Wildman–Crippen MR) is 128 cm³/mol. The molecule has 0 radical (unpaired) electrons. The highest BCUT2D eigenvalue weighted by atomic mass is 127. The van der Waals surface area contributed by atoms with Crippen LogP contribution >= 0.6 is 35.3 Å². The highest BCUT2D eigenvalue weighted by molar-refractivity contribution is 14.0. The molecule has 0 amide bonds. The standard InChI is InChI=1S/C20H36N4O2S.HI/c1-20(2,3)17-15-27-18(24-17)6-10-23-19(21-4)22-9-5-11-26-14-16-7-12-25-13-8-16;/h15-16H,5-14H2,1-4H3,(H2,21,22,23);1H. The summed E-state index contributed by atoms with van der Waals surface area (Å²) in [6.45, 7) is 11.7. The van der Waals surface area contributed by atoms with Crippen LogP contribution in [0, 0.1) is 5.92 Å². The van der Waals surface area contributed by atoms with Crippen molar-refractivity contribution in [1.82, 2.24) is 15.6 Å². The number of nitrogens with one attached hydrogen (secondary N) is 2. The van der Waals surface area contributed by atoms with Gasteiger partial charge in [0, 0.05) is 63.8 Å². The maximum atomic E-state index is 5.79. The van der Waals surface area contributed by atoms with Crippen molar-refractivity contribution in [3.8, 4) is 0 Å². The number of guanidine groups is 1. The molecule has 0 spiro atoms. The van der Waals surface area contributed by atoms with Crippen molar-refractivity contribution in [2.45, 2.75) is 51.9 Å². The van der Waals surface area contributed by atoms with Crippen LogP contribution in [0.15, 0.2) is 10.4 Å². The third kappa shape index (κ3) is 9.84. The maximum Gasteiger partial charge on any atom is 0.190 e. The lowest BCUT2D eigenvalue weighted by Gasteiger charge is -2.21. The van der Waals surface area contributed by atoms with E-state index in [1.165, 1.54) is 10.7 Å². The molecular formula is C20H37IN4O2S. The number of aromatic nitrogens is 1. The van der Waals surface area contributed by atoms with Crippen LogP contribution in [0.25, 0.3) is 0 Å². The SMILES string of the molecule is CN=C(NCCCOCC1CCOCC1)NCCc1nc(C(C)(C)C)cs1.I. The minimum Gasteiger partial charge on any atom is -0.381 e. The zero-order valence-electron chi connectivity index (χ0n) is 17.8. The van der Waals surface area contributed by atoms with Gasteiger partial charge in [-0.05, 0) is 25.2 Å². The van der Waals surface area contributed by atoms with Crippen LogP contribution < -0.4 is 10.6 Å². The lowest BCUT2D eigenvalue weighted by molar-refractivity contribution is 0.0203. The third-order valence-corrected chi connectivity index (χ3v) is 5.54. The molecule has 0 aliphatic carbocycles. The average Bonchev–Trinajstić information content (AvgIpc) is 3.13. The summed E-state index contributed by atoms with van der Waals surface area (Å²) in [6, 6.07) is 0. The number of hydrogen-bond donors (Lipinski definition) is 2. The second-order valence-corrected chi connectivity index (χ2v) is 8.98. The van der Waals surface area contributed by atoms with Gasteiger partial charge in [-0.3, -0.25) is 4.99 Å². The summed E-state index contributed by atoms with van der Waals surface area (Å²) in [5.41, 5.74) is 1.29. The van der Waals surface area contributed by atoms with E-state index in [1.807, 2.05) is 0 Å². The molecule has 1 aromatic heterocycles. The molecule has 1 aromatic rings. The number of ether oxygens (including phenoxy) is 2. The number of aliphatic imine (C=N–C) groups is 1. The molecule has 1 fully saturated rings. The van der Waals surface area contributed by atoms with Crippen molar-refractivity contribution in [2.24, 2.45) is 10.9 Å². The molecule has 2 N–H and O–H groups in total. The molecular weight excluding hydrogens is 487 g/mol. The van der Waals surface area contributed by atoms with Gasteiger partial charge in [0.1, 0.15) is 0 Å². The molecule has 2 heterocycles.